The first-order chi connectivity index (χ1) is 11.1. The van der Waals surface area contributed by atoms with Crippen LogP contribution in [0.15, 0.2) is 48.5 Å². The van der Waals surface area contributed by atoms with Gasteiger partial charge in [0.1, 0.15) is 30.5 Å². The zero-order valence-electron chi connectivity index (χ0n) is 13.2. The van der Waals surface area contributed by atoms with Gasteiger partial charge >= 0.3 is 0 Å². The highest BCUT2D eigenvalue weighted by atomic mass is 19.1. The lowest BCUT2D eigenvalue weighted by atomic mass is 10.1. The summed E-state index contributed by atoms with van der Waals surface area (Å²) in [6, 6.07) is 13.9. The molecule has 0 saturated carbocycles. The SMILES string of the molecule is Cc1cc(C)c2ccc(OCCOc3ccc(F)cc3)cc2n1. The van der Waals surface area contributed by atoms with E-state index in [-0.39, 0.29) is 5.82 Å². The Hall–Kier alpha value is -2.62. The fourth-order valence-electron chi connectivity index (χ4n) is 2.49. The van der Waals surface area contributed by atoms with Crippen LogP contribution in [0.2, 0.25) is 0 Å². The van der Waals surface area contributed by atoms with Crippen molar-refractivity contribution in [3.63, 3.8) is 0 Å². The first kappa shape index (κ1) is 15.3. The Morgan fingerprint density at radius 1 is 0.870 bits per heavy atom. The van der Waals surface area contributed by atoms with Gasteiger partial charge in [0.25, 0.3) is 0 Å². The Labute approximate surface area is 134 Å². The van der Waals surface area contributed by atoms with E-state index in [1.807, 2.05) is 25.1 Å². The van der Waals surface area contributed by atoms with Gasteiger partial charge in [0.2, 0.25) is 0 Å². The number of pyridine rings is 1. The van der Waals surface area contributed by atoms with Crippen molar-refractivity contribution in [2.45, 2.75) is 13.8 Å². The van der Waals surface area contributed by atoms with E-state index in [0.29, 0.717) is 19.0 Å². The van der Waals surface area contributed by atoms with E-state index in [4.69, 9.17) is 9.47 Å². The van der Waals surface area contributed by atoms with Crippen molar-refractivity contribution in [1.82, 2.24) is 4.98 Å². The number of benzene rings is 2. The fourth-order valence-corrected chi connectivity index (χ4v) is 2.49. The molecule has 0 fully saturated rings. The predicted octanol–water partition coefficient (Wildman–Crippen LogP) is 4.45. The summed E-state index contributed by atoms with van der Waals surface area (Å²) in [4.78, 5) is 4.53. The van der Waals surface area contributed by atoms with E-state index >= 15 is 0 Å². The van der Waals surface area contributed by atoms with Crippen molar-refractivity contribution in [2.24, 2.45) is 0 Å². The second-order valence-corrected chi connectivity index (χ2v) is 5.41. The molecule has 4 heteroatoms. The van der Waals surface area contributed by atoms with Crippen molar-refractivity contribution < 1.29 is 13.9 Å². The maximum atomic E-state index is 12.8. The molecule has 3 nitrogen and oxygen atoms in total. The van der Waals surface area contributed by atoms with Gasteiger partial charge in [-0.1, -0.05) is 0 Å². The molecule has 0 unspecified atom stereocenters. The largest absolute Gasteiger partial charge is 0.490 e. The lowest BCUT2D eigenvalue weighted by Gasteiger charge is -2.10. The molecule has 23 heavy (non-hydrogen) atoms. The van der Waals surface area contributed by atoms with Gasteiger partial charge in [-0.05, 0) is 61.9 Å². The Bertz CT molecular complexity index is 815. The number of aryl methyl sites for hydroxylation is 2. The van der Waals surface area contributed by atoms with Crippen LogP contribution < -0.4 is 9.47 Å². The van der Waals surface area contributed by atoms with Crippen molar-refractivity contribution in [3.05, 3.63) is 65.6 Å². The molecule has 0 amide bonds. The first-order valence-corrected chi connectivity index (χ1v) is 7.51. The van der Waals surface area contributed by atoms with Crippen LogP contribution in [0.5, 0.6) is 11.5 Å². The number of hydrogen-bond donors (Lipinski definition) is 0. The van der Waals surface area contributed by atoms with Gasteiger partial charge in [0.15, 0.2) is 0 Å². The summed E-state index contributed by atoms with van der Waals surface area (Å²) in [5.41, 5.74) is 3.13. The topological polar surface area (TPSA) is 31.4 Å². The number of hydrogen-bond acceptors (Lipinski definition) is 3. The van der Waals surface area contributed by atoms with E-state index in [2.05, 4.69) is 18.0 Å². The molecule has 3 aromatic rings. The van der Waals surface area contributed by atoms with Crippen LogP contribution in [0.3, 0.4) is 0 Å². The highest BCUT2D eigenvalue weighted by Crippen LogP contribution is 2.22. The molecule has 0 N–H and O–H groups in total. The standard InChI is InChI=1S/C19H18FNO2/c1-13-11-14(2)21-19-12-17(7-8-18(13)19)23-10-9-22-16-5-3-15(20)4-6-16/h3-8,11-12H,9-10H2,1-2H3. The molecule has 3 rings (SSSR count). The van der Waals surface area contributed by atoms with Crippen LogP contribution in [0, 0.1) is 19.7 Å². The molecule has 0 aliphatic rings. The summed E-state index contributed by atoms with van der Waals surface area (Å²) in [7, 11) is 0. The van der Waals surface area contributed by atoms with Crippen molar-refractivity contribution >= 4 is 10.9 Å². The normalized spacial score (nSPS) is 10.7. The highest BCUT2D eigenvalue weighted by Gasteiger charge is 2.03. The molecule has 1 heterocycles. The molecular weight excluding hydrogens is 293 g/mol. The van der Waals surface area contributed by atoms with Gasteiger partial charge in [-0.3, -0.25) is 4.98 Å². The summed E-state index contributed by atoms with van der Waals surface area (Å²) >= 11 is 0. The van der Waals surface area contributed by atoms with Crippen molar-refractivity contribution in [2.75, 3.05) is 13.2 Å². The minimum Gasteiger partial charge on any atom is -0.490 e. The van der Waals surface area contributed by atoms with E-state index in [9.17, 15) is 4.39 Å². The van der Waals surface area contributed by atoms with E-state index in [0.717, 1.165) is 22.3 Å². The van der Waals surface area contributed by atoms with Crippen LogP contribution in [0.4, 0.5) is 4.39 Å². The first-order valence-electron chi connectivity index (χ1n) is 7.51. The Balaban J connectivity index is 1.60. The molecule has 0 aliphatic carbocycles. The van der Waals surface area contributed by atoms with Crippen LogP contribution in [-0.2, 0) is 0 Å². The Morgan fingerprint density at radius 3 is 2.26 bits per heavy atom. The molecule has 0 saturated heterocycles. The van der Waals surface area contributed by atoms with Gasteiger partial charge in [-0.2, -0.15) is 0 Å². The zero-order chi connectivity index (χ0) is 16.2. The summed E-state index contributed by atoms with van der Waals surface area (Å²) < 4.78 is 24.0. The lowest BCUT2D eigenvalue weighted by Crippen LogP contribution is -2.09. The molecule has 0 aliphatic heterocycles. The third kappa shape index (κ3) is 3.77. The summed E-state index contributed by atoms with van der Waals surface area (Å²) in [5, 5.41) is 1.13. The average Bonchev–Trinajstić information content (AvgIpc) is 2.53. The zero-order valence-corrected chi connectivity index (χ0v) is 13.2. The van der Waals surface area contributed by atoms with Crippen LogP contribution in [-0.4, -0.2) is 18.2 Å². The van der Waals surface area contributed by atoms with Crippen molar-refractivity contribution in [1.29, 1.82) is 0 Å². The molecule has 1 aromatic heterocycles. The quantitative estimate of drug-likeness (QED) is 0.652. The van der Waals surface area contributed by atoms with Gasteiger partial charge in [0.05, 0.1) is 5.52 Å². The number of rotatable bonds is 5. The van der Waals surface area contributed by atoms with E-state index in [1.54, 1.807) is 12.1 Å². The summed E-state index contributed by atoms with van der Waals surface area (Å²) in [6.45, 7) is 4.86. The van der Waals surface area contributed by atoms with Gasteiger partial charge in [-0.25, -0.2) is 4.39 Å². The number of aromatic nitrogens is 1. The number of halogens is 1. The molecule has 2 aromatic carbocycles. The molecule has 0 atom stereocenters. The van der Waals surface area contributed by atoms with Gasteiger partial charge in [0, 0.05) is 17.1 Å². The van der Waals surface area contributed by atoms with E-state index in [1.165, 1.54) is 17.7 Å². The molecule has 118 valence electrons. The summed E-state index contributed by atoms with van der Waals surface area (Å²) in [5.74, 6) is 1.11. The smallest absolute Gasteiger partial charge is 0.123 e. The van der Waals surface area contributed by atoms with Crippen LogP contribution in [0.25, 0.3) is 10.9 Å². The lowest BCUT2D eigenvalue weighted by molar-refractivity contribution is 0.217. The molecule has 0 radical (unpaired) electrons. The number of fused-ring (bicyclic) bond motifs is 1. The number of ether oxygens (including phenoxy) is 2. The predicted molar refractivity (Wildman–Crippen MR) is 88.6 cm³/mol. The Morgan fingerprint density at radius 2 is 1.52 bits per heavy atom. The number of nitrogens with zero attached hydrogens (tertiary/aromatic N) is 1. The fraction of sp³-hybridized carbons (Fsp3) is 0.211. The monoisotopic (exact) mass is 311 g/mol. The third-order valence-electron chi connectivity index (χ3n) is 3.55. The van der Waals surface area contributed by atoms with E-state index < -0.39 is 0 Å². The second-order valence-electron chi connectivity index (χ2n) is 5.41. The van der Waals surface area contributed by atoms with Crippen LogP contribution >= 0.6 is 0 Å². The molecular formula is C19H18FNO2. The molecule has 0 spiro atoms. The maximum Gasteiger partial charge on any atom is 0.123 e. The second kappa shape index (κ2) is 6.65. The minimum atomic E-state index is -0.275. The Kier molecular flexibility index (Phi) is 4.42. The van der Waals surface area contributed by atoms with Gasteiger partial charge in [-0.15, -0.1) is 0 Å². The maximum absolute atomic E-state index is 12.8. The summed E-state index contributed by atoms with van der Waals surface area (Å²) in [6.07, 6.45) is 0. The van der Waals surface area contributed by atoms with Gasteiger partial charge < -0.3 is 9.47 Å². The highest BCUT2D eigenvalue weighted by molar-refractivity contribution is 5.83. The van der Waals surface area contributed by atoms with Crippen LogP contribution in [0.1, 0.15) is 11.3 Å². The van der Waals surface area contributed by atoms with Crippen molar-refractivity contribution in [3.8, 4) is 11.5 Å². The minimum absolute atomic E-state index is 0.275. The average molecular weight is 311 g/mol. The molecule has 0 bridgehead atoms. The third-order valence-corrected chi connectivity index (χ3v) is 3.55.